The number of carbonyl (C=O) groups is 1. The van der Waals surface area contributed by atoms with Crippen molar-refractivity contribution in [1.82, 2.24) is 74.3 Å². The molecule has 1 amide bonds. The zero-order valence-electron chi connectivity index (χ0n) is 39.8. The molecule has 4 N–H and O–H groups in total. The van der Waals surface area contributed by atoms with Crippen molar-refractivity contribution in [2.24, 2.45) is 0 Å². The first-order valence-electron chi connectivity index (χ1n) is 23.1. The van der Waals surface area contributed by atoms with E-state index in [1.54, 1.807) is 4.90 Å². The summed E-state index contributed by atoms with van der Waals surface area (Å²) in [6.45, 7) is 18.6. The average Bonchev–Trinajstić information content (AvgIpc) is 4.09. The second-order valence-corrected chi connectivity index (χ2v) is 18.6. The Morgan fingerprint density at radius 1 is 0.627 bits per heavy atom. The molecule has 1 saturated carbocycles. The molecule has 0 bridgehead atoms. The number of carbonyl (C=O) groups excluding carboxylic acids is 1. The molecule has 19 nitrogen and oxygen atoms in total. The standard InChI is InChI=1S/C26H33N9O2.C22H26N8/c1-15-12-28-24(29-18-8-7-11-34(14-18)25(36)37-26(4,5)6)31-22(15)20-13-27-23-19(20)9-10-21(30-23)35-16(2)32-33-17(35)3;1-13-11-24-22(25-16-7-5-4-6-8-16)27-20(13)18-12-23-21-17(18)9-10-19(26-21)30-14(2)28-29-15(30)3/h9-10,12-13,18H,7-8,11,14H2,1-6H3,(H,27,30)(H,28,29,31);9-12,16H,4-8H2,1-3H3,(H,23,26)(H,24,25,27)/t18-;/m0./s1. The molecule has 0 aromatic carbocycles. The Hall–Kier alpha value is -7.31. The van der Waals surface area contributed by atoms with Crippen molar-refractivity contribution in [3.8, 4) is 34.2 Å². The number of likely N-dealkylation sites (tertiary alicyclic amines) is 1. The number of piperidine rings is 1. The number of amides is 1. The summed E-state index contributed by atoms with van der Waals surface area (Å²) in [6, 6.07) is 8.60. The second kappa shape index (κ2) is 18.5. The van der Waals surface area contributed by atoms with Crippen molar-refractivity contribution in [3.05, 3.63) is 83.5 Å². The molecule has 1 saturated heterocycles. The number of nitrogens with zero attached hydrogens (tertiary/aromatic N) is 13. The average molecular weight is 906 g/mol. The van der Waals surface area contributed by atoms with E-state index in [9.17, 15) is 4.79 Å². The Morgan fingerprint density at radius 2 is 1.09 bits per heavy atom. The molecule has 67 heavy (non-hydrogen) atoms. The molecule has 8 aromatic heterocycles. The largest absolute Gasteiger partial charge is 0.444 e. The summed E-state index contributed by atoms with van der Waals surface area (Å²) in [5, 5.41) is 25.5. The van der Waals surface area contributed by atoms with E-state index in [0.717, 1.165) is 103 Å². The summed E-state index contributed by atoms with van der Waals surface area (Å²) >= 11 is 0. The number of nitrogens with one attached hydrogen (secondary N) is 4. The summed E-state index contributed by atoms with van der Waals surface area (Å²) in [4.78, 5) is 49.3. The van der Waals surface area contributed by atoms with Gasteiger partial charge in [-0.2, -0.15) is 0 Å². The van der Waals surface area contributed by atoms with E-state index in [-0.39, 0.29) is 12.1 Å². The fourth-order valence-corrected chi connectivity index (χ4v) is 9.00. The van der Waals surface area contributed by atoms with E-state index in [0.29, 0.717) is 31.0 Å². The summed E-state index contributed by atoms with van der Waals surface area (Å²) < 4.78 is 9.42. The van der Waals surface area contributed by atoms with Gasteiger partial charge in [0.1, 0.15) is 51.8 Å². The number of hydrogen-bond acceptors (Lipinski definition) is 14. The molecule has 1 aliphatic carbocycles. The highest BCUT2D eigenvalue weighted by atomic mass is 16.6. The molecule has 2 aliphatic rings. The molecule has 2 fully saturated rings. The third-order valence-corrected chi connectivity index (χ3v) is 12.3. The first kappa shape index (κ1) is 44.9. The van der Waals surface area contributed by atoms with Gasteiger partial charge in [-0.1, -0.05) is 19.3 Å². The molecule has 9 heterocycles. The Morgan fingerprint density at radius 3 is 1.57 bits per heavy atom. The smallest absolute Gasteiger partial charge is 0.410 e. The van der Waals surface area contributed by atoms with Gasteiger partial charge < -0.3 is 30.2 Å². The lowest BCUT2D eigenvalue weighted by Gasteiger charge is -2.34. The van der Waals surface area contributed by atoms with Gasteiger partial charge in [0.25, 0.3) is 0 Å². The maximum Gasteiger partial charge on any atom is 0.410 e. The van der Waals surface area contributed by atoms with Crippen molar-refractivity contribution in [2.45, 2.75) is 125 Å². The van der Waals surface area contributed by atoms with Gasteiger partial charge in [0, 0.05) is 71.9 Å². The SMILES string of the molecule is Cc1cnc(NC2CCCCC2)nc1-c1c[nH]c2nc(-n3c(C)nnc3C)ccc12.Cc1cnc(N[C@H]2CCCN(C(=O)OC(C)(C)C)C2)nc1-c1c[nH]c2nc(-n3c(C)nnc3C)ccc12. The Labute approximate surface area is 389 Å². The number of fused-ring (bicyclic) bond motifs is 2. The molecule has 0 unspecified atom stereocenters. The Kier molecular flexibility index (Phi) is 12.4. The molecule has 0 spiro atoms. The van der Waals surface area contributed by atoms with Gasteiger partial charge in [-0.15, -0.1) is 20.4 Å². The third kappa shape index (κ3) is 9.67. The van der Waals surface area contributed by atoms with Crippen LogP contribution in [0.15, 0.2) is 49.1 Å². The summed E-state index contributed by atoms with van der Waals surface area (Å²) in [6.07, 6.45) is 15.4. The molecule has 0 radical (unpaired) electrons. The van der Waals surface area contributed by atoms with Crippen LogP contribution >= 0.6 is 0 Å². The number of aryl methyl sites for hydroxylation is 6. The predicted octanol–water partition coefficient (Wildman–Crippen LogP) is 8.61. The fourth-order valence-electron chi connectivity index (χ4n) is 9.00. The topological polar surface area (TPSA) is 224 Å². The number of pyridine rings is 2. The number of aromatic amines is 2. The van der Waals surface area contributed by atoms with Gasteiger partial charge in [0.05, 0.1) is 11.4 Å². The van der Waals surface area contributed by atoms with Crippen LogP contribution in [0.4, 0.5) is 16.7 Å². The second-order valence-electron chi connectivity index (χ2n) is 18.6. The summed E-state index contributed by atoms with van der Waals surface area (Å²) in [5.41, 5.74) is 6.80. The van der Waals surface area contributed by atoms with Crippen LogP contribution in [0.3, 0.4) is 0 Å². The first-order chi connectivity index (χ1) is 32.2. The summed E-state index contributed by atoms with van der Waals surface area (Å²) in [7, 11) is 0. The van der Waals surface area contributed by atoms with E-state index in [1.165, 1.54) is 32.1 Å². The highest BCUT2D eigenvalue weighted by Gasteiger charge is 2.28. The predicted molar refractivity (Wildman–Crippen MR) is 257 cm³/mol. The zero-order chi connectivity index (χ0) is 47.0. The van der Waals surface area contributed by atoms with Crippen molar-refractivity contribution < 1.29 is 9.53 Å². The highest BCUT2D eigenvalue weighted by Crippen LogP contribution is 2.32. The molecule has 10 rings (SSSR count). The van der Waals surface area contributed by atoms with Crippen LogP contribution in [0.2, 0.25) is 0 Å². The molecule has 1 atom stereocenters. The van der Waals surface area contributed by atoms with Crippen molar-refractivity contribution >= 4 is 40.1 Å². The minimum absolute atomic E-state index is 0.0410. The first-order valence-corrected chi connectivity index (χ1v) is 23.1. The Balaban J connectivity index is 0.000000171. The maximum absolute atomic E-state index is 12.6. The van der Waals surface area contributed by atoms with Crippen LogP contribution in [0.1, 0.15) is 100 Å². The molecular weight excluding hydrogens is 847 g/mol. The molecule has 8 aromatic rings. The third-order valence-electron chi connectivity index (χ3n) is 12.3. The lowest BCUT2D eigenvalue weighted by molar-refractivity contribution is 0.0206. The van der Waals surface area contributed by atoms with E-state index in [4.69, 9.17) is 24.7 Å². The van der Waals surface area contributed by atoms with Gasteiger partial charge in [0.15, 0.2) is 0 Å². The van der Waals surface area contributed by atoms with Crippen LogP contribution in [0.5, 0.6) is 0 Å². The van der Waals surface area contributed by atoms with E-state index >= 15 is 0 Å². The number of hydrogen-bond donors (Lipinski definition) is 4. The number of ether oxygens (including phenoxy) is 1. The van der Waals surface area contributed by atoms with Gasteiger partial charge in [0.2, 0.25) is 11.9 Å². The number of H-pyrrole nitrogens is 2. The fraction of sp³-hybridized carbons (Fsp3) is 0.438. The van der Waals surface area contributed by atoms with Gasteiger partial charge in [-0.05, 0) is 123 Å². The molecule has 19 heteroatoms. The molecule has 1 aliphatic heterocycles. The van der Waals surface area contributed by atoms with E-state index < -0.39 is 5.60 Å². The highest BCUT2D eigenvalue weighted by molar-refractivity contribution is 5.94. The molecule has 348 valence electrons. The number of rotatable bonds is 8. The van der Waals surface area contributed by atoms with Crippen LogP contribution in [-0.4, -0.2) is 111 Å². The quantitative estimate of drug-likeness (QED) is 0.112. The maximum atomic E-state index is 12.6. The van der Waals surface area contributed by atoms with Crippen LogP contribution in [0.25, 0.3) is 56.2 Å². The van der Waals surface area contributed by atoms with E-state index in [2.05, 4.69) is 57.0 Å². The summed E-state index contributed by atoms with van der Waals surface area (Å²) in [5.74, 6) is 6.00. The Bertz CT molecular complexity index is 3020. The minimum Gasteiger partial charge on any atom is -0.444 e. The van der Waals surface area contributed by atoms with Crippen LogP contribution in [0, 0.1) is 41.5 Å². The van der Waals surface area contributed by atoms with Crippen LogP contribution < -0.4 is 10.6 Å². The molecular formula is C48H59N17O2. The van der Waals surface area contributed by atoms with Gasteiger partial charge in [-0.3, -0.25) is 9.13 Å². The number of aromatic nitrogens is 14. The number of anilines is 2. The lowest BCUT2D eigenvalue weighted by atomic mass is 9.96. The van der Waals surface area contributed by atoms with Crippen molar-refractivity contribution in [2.75, 3.05) is 23.7 Å². The normalized spacial score (nSPS) is 15.7. The lowest BCUT2D eigenvalue weighted by Crippen LogP contribution is -2.47. The minimum atomic E-state index is -0.519. The van der Waals surface area contributed by atoms with Gasteiger partial charge in [-0.25, -0.2) is 34.7 Å². The zero-order valence-corrected chi connectivity index (χ0v) is 39.8. The van der Waals surface area contributed by atoms with Gasteiger partial charge >= 0.3 is 6.09 Å². The van der Waals surface area contributed by atoms with Crippen molar-refractivity contribution in [1.29, 1.82) is 0 Å². The van der Waals surface area contributed by atoms with Crippen LogP contribution in [-0.2, 0) is 4.74 Å². The van der Waals surface area contributed by atoms with E-state index in [1.807, 2.05) is 114 Å². The monoisotopic (exact) mass is 906 g/mol. The van der Waals surface area contributed by atoms with Crippen molar-refractivity contribution in [3.63, 3.8) is 0 Å².